The molecule has 3 heterocycles. The molecule has 4 rings (SSSR count). The van der Waals surface area contributed by atoms with E-state index in [9.17, 15) is 5.26 Å². The Morgan fingerprint density at radius 2 is 2.00 bits per heavy atom. The molecule has 8 heteroatoms. The number of rotatable bonds is 3. The number of hydrogen-bond acceptors (Lipinski definition) is 7. The standard InChI is InChI=1S/C16H12N8/c17-5-10-3-11-7-22-24(15(11)21-6-10)14-4-13(12(19)8-20-14)23-16(9-18)1-2-16/h3-4,6-8H,1-2,19H2,(H,20,23). The third-order valence-corrected chi connectivity index (χ3v) is 4.01. The quantitative estimate of drug-likeness (QED) is 0.752. The second kappa shape index (κ2) is 4.93. The summed E-state index contributed by atoms with van der Waals surface area (Å²) < 4.78 is 1.58. The Balaban J connectivity index is 1.77. The lowest BCUT2D eigenvalue weighted by Crippen LogP contribution is -2.19. The van der Waals surface area contributed by atoms with Crippen LogP contribution < -0.4 is 11.1 Å². The average Bonchev–Trinajstić information content (AvgIpc) is 3.26. The van der Waals surface area contributed by atoms with E-state index in [0.29, 0.717) is 28.4 Å². The zero-order valence-electron chi connectivity index (χ0n) is 12.6. The number of hydrogen-bond donors (Lipinski definition) is 2. The Kier molecular flexibility index (Phi) is 2.87. The number of aromatic nitrogens is 4. The van der Waals surface area contributed by atoms with Crippen molar-refractivity contribution in [2.24, 2.45) is 0 Å². The molecule has 0 unspecified atom stereocenters. The molecule has 0 aliphatic heterocycles. The van der Waals surface area contributed by atoms with Crippen molar-refractivity contribution < 1.29 is 0 Å². The topological polar surface area (TPSA) is 129 Å². The van der Waals surface area contributed by atoms with E-state index in [-0.39, 0.29) is 0 Å². The van der Waals surface area contributed by atoms with Crippen molar-refractivity contribution in [2.45, 2.75) is 18.4 Å². The van der Waals surface area contributed by atoms with Crippen molar-refractivity contribution in [3.63, 3.8) is 0 Å². The molecule has 3 N–H and O–H groups in total. The molecule has 0 radical (unpaired) electrons. The van der Waals surface area contributed by atoms with Crippen LogP contribution in [0.1, 0.15) is 18.4 Å². The molecule has 116 valence electrons. The first-order chi connectivity index (χ1) is 11.6. The summed E-state index contributed by atoms with van der Waals surface area (Å²) >= 11 is 0. The monoisotopic (exact) mass is 316 g/mol. The predicted molar refractivity (Wildman–Crippen MR) is 87.0 cm³/mol. The van der Waals surface area contributed by atoms with Gasteiger partial charge in [0.1, 0.15) is 11.6 Å². The smallest absolute Gasteiger partial charge is 0.164 e. The second-order valence-corrected chi connectivity index (χ2v) is 5.75. The van der Waals surface area contributed by atoms with Crippen LogP contribution in [0, 0.1) is 22.7 Å². The van der Waals surface area contributed by atoms with E-state index in [2.05, 4.69) is 32.5 Å². The Morgan fingerprint density at radius 3 is 2.71 bits per heavy atom. The van der Waals surface area contributed by atoms with Gasteiger partial charge in [-0.2, -0.15) is 20.3 Å². The maximum atomic E-state index is 9.23. The van der Waals surface area contributed by atoms with Crippen LogP contribution in [0.15, 0.2) is 30.7 Å². The minimum Gasteiger partial charge on any atom is -0.396 e. The molecule has 24 heavy (non-hydrogen) atoms. The number of nitriles is 2. The van der Waals surface area contributed by atoms with Gasteiger partial charge in [0, 0.05) is 17.6 Å². The van der Waals surface area contributed by atoms with Crippen LogP contribution in [0.3, 0.4) is 0 Å². The Morgan fingerprint density at radius 1 is 1.17 bits per heavy atom. The van der Waals surface area contributed by atoms with Crippen molar-refractivity contribution in [3.05, 3.63) is 36.3 Å². The molecule has 0 aromatic carbocycles. The number of anilines is 2. The van der Waals surface area contributed by atoms with Gasteiger partial charge < -0.3 is 11.1 Å². The van der Waals surface area contributed by atoms with Crippen molar-refractivity contribution in [1.29, 1.82) is 10.5 Å². The van der Waals surface area contributed by atoms with E-state index in [1.807, 2.05) is 0 Å². The summed E-state index contributed by atoms with van der Waals surface area (Å²) in [6.07, 6.45) is 6.24. The molecule has 3 aromatic rings. The van der Waals surface area contributed by atoms with Gasteiger partial charge in [0.2, 0.25) is 0 Å². The minimum absolute atomic E-state index is 0.469. The fourth-order valence-corrected chi connectivity index (χ4v) is 2.48. The molecule has 3 aromatic heterocycles. The van der Waals surface area contributed by atoms with Gasteiger partial charge in [-0.05, 0) is 18.9 Å². The molecule has 8 nitrogen and oxygen atoms in total. The van der Waals surface area contributed by atoms with E-state index in [4.69, 9.17) is 11.0 Å². The van der Waals surface area contributed by atoms with Crippen LogP contribution in [-0.4, -0.2) is 25.3 Å². The lowest BCUT2D eigenvalue weighted by Gasteiger charge is -2.14. The average molecular weight is 316 g/mol. The lowest BCUT2D eigenvalue weighted by atomic mass is 10.2. The largest absolute Gasteiger partial charge is 0.396 e. The summed E-state index contributed by atoms with van der Waals surface area (Å²) in [6, 6.07) is 7.79. The predicted octanol–water partition coefficient (Wildman–Crippen LogP) is 1.74. The Labute approximate surface area is 137 Å². The summed E-state index contributed by atoms with van der Waals surface area (Å²) in [7, 11) is 0. The maximum absolute atomic E-state index is 9.23. The second-order valence-electron chi connectivity index (χ2n) is 5.75. The number of pyridine rings is 2. The van der Waals surface area contributed by atoms with Crippen LogP contribution in [0.25, 0.3) is 16.9 Å². The van der Waals surface area contributed by atoms with E-state index in [1.165, 1.54) is 12.4 Å². The highest BCUT2D eigenvalue weighted by molar-refractivity contribution is 5.78. The molecule has 1 aliphatic carbocycles. The third-order valence-electron chi connectivity index (χ3n) is 4.01. The van der Waals surface area contributed by atoms with Gasteiger partial charge >= 0.3 is 0 Å². The number of fused-ring (bicyclic) bond motifs is 1. The fourth-order valence-electron chi connectivity index (χ4n) is 2.48. The third kappa shape index (κ3) is 2.18. The van der Waals surface area contributed by atoms with E-state index in [1.54, 1.807) is 23.0 Å². The van der Waals surface area contributed by atoms with Gasteiger partial charge in [-0.15, -0.1) is 0 Å². The molecule has 0 amide bonds. The van der Waals surface area contributed by atoms with Crippen molar-refractivity contribution in [1.82, 2.24) is 19.7 Å². The van der Waals surface area contributed by atoms with Crippen molar-refractivity contribution >= 4 is 22.4 Å². The molecule has 0 bridgehead atoms. The molecular formula is C16H12N8. The number of nitrogens with two attached hydrogens (primary N) is 1. The van der Waals surface area contributed by atoms with Gasteiger partial charge in [-0.1, -0.05) is 0 Å². The van der Waals surface area contributed by atoms with Gasteiger partial charge in [-0.25, -0.2) is 9.97 Å². The van der Waals surface area contributed by atoms with Gasteiger partial charge in [0.25, 0.3) is 0 Å². The molecule has 1 saturated carbocycles. The minimum atomic E-state index is -0.529. The summed E-state index contributed by atoms with van der Waals surface area (Å²) in [5.74, 6) is 0.535. The molecular weight excluding hydrogens is 304 g/mol. The number of nitrogen functional groups attached to an aromatic ring is 1. The van der Waals surface area contributed by atoms with Gasteiger partial charge in [-0.3, -0.25) is 0 Å². The maximum Gasteiger partial charge on any atom is 0.164 e. The van der Waals surface area contributed by atoms with Crippen molar-refractivity contribution in [3.8, 4) is 18.0 Å². The number of nitrogens with zero attached hydrogens (tertiary/aromatic N) is 6. The highest BCUT2D eigenvalue weighted by atomic mass is 15.3. The van der Waals surface area contributed by atoms with Crippen LogP contribution >= 0.6 is 0 Å². The summed E-state index contributed by atoms with van der Waals surface area (Å²) in [4.78, 5) is 8.58. The van der Waals surface area contributed by atoms with Crippen LogP contribution in [0.5, 0.6) is 0 Å². The van der Waals surface area contributed by atoms with Gasteiger partial charge in [0.05, 0.1) is 35.4 Å². The lowest BCUT2D eigenvalue weighted by molar-refractivity contribution is 0.861. The van der Waals surface area contributed by atoms with Crippen LogP contribution in [0.4, 0.5) is 11.4 Å². The number of nitrogens with one attached hydrogen (secondary N) is 1. The molecule has 0 spiro atoms. The zero-order chi connectivity index (χ0) is 16.7. The summed E-state index contributed by atoms with van der Waals surface area (Å²) in [6.45, 7) is 0. The first kappa shape index (κ1) is 14.0. The van der Waals surface area contributed by atoms with E-state index >= 15 is 0 Å². The molecule has 1 aliphatic rings. The van der Waals surface area contributed by atoms with Gasteiger partial charge in [0.15, 0.2) is 11.5 Å². The highest BCUT2D eigenvalue weighted by Crippen LogP contribution is 2.39. The molecule has 0 saturated heterocycles. The van der Waals surface area contributed by atoms with E-state index < -0.39 is 5.54 Å². The summed E-state index contributed by atoms with van der Waals surface area (Å²) in [5, 5.41) is 26.4. The zero-order valence-corrected chi connectivity index (χ0v) is 12.6. The van der Waals surface area contributed by atoms with Crippen molar-refractivity contribution in [2.75, 3.05) is 11.1 Å². The first-order valence-electron chi connectivity index (χ1n) is 7.33. The van der Waals surface area contributed by atoms with Crippen LogP contribution in [-0.2, 0) is 0 Å². The SMILES string of the molecule is N#Cc1cnc2c(cnn2-c2cc(NC3(C#N)CC3)c(N)cn2)c1. The highest BCUT2D eigenvalue weighted by Gasteiger charge is 2.43. The fraction of sp³-hybridized carbons (Fsp3) is 0.188. The van der Waals surface area contributed by atoms with Crippen LogP contribution in [0.2, 0.25) is 0 Å². The summed E-state index contributed by atoms with van der Waals surface area (Å²) in [5.41, 5.74) is 7.62. The molecule has 0 atom stereocenters. The van der Waals surface area contributed by atoms with E-state index in [0.717, 1.165) is 18.2 Å². The first-order valence-corrected chi connectivity index (χ1v) is 7.33. The molecule has 1 fully saturated rings. The normalized spacial score (nSPS) is 14.8. The Bertz CT molecular complexity index is 1030. The Hall–Kier alpha value is -3.65.